The molecule has 1 aromatic heterocycles. The number of thioether (sulfide) groups is 1. The number of aromatic nitrogens is 2. The number of anilines is 1. The van der Waals surface area contributed by atoms with Gasteiger partial charge in [-0.1, -0.05) is 12.1 Å². The van der Waals surface area contributed by atoms with Crippen molar-refractivity contribution in [1.29, 1.82) is 0 Å². The van der Waals surface area contributed by atoms with E-state index in [2.05, 4.69) is 20.0 Å². The quantitative estimate of drug-likeness (QED) is 0.557. The first-order valence-electron chi connectivity index (χ1n) is 8.55. The standard InChI is InChI=1S/C9H9N3O.C9H12N2OS.C2H6O/c1-13-6-2-3-7-8(4-6)11-5-12-9(7)10;1-13-8-4-2-3-7(5-8)6-11-9(10)12;1-3-2/h2-5H,1H3,(H2,10,11,12);2-5H,6H2,1H3,(H3,10,11,12);1-2H3. The zero-order valence-electron chi connectivity index (χ0n) is 17.0. The third-order valence-corrected chi connectivity index (χ3v) is 4.20. The molecule has 0 atom stereocenters. The monoisotopic (exact) mass is 417 g/mol. The summed E-state index contributed by atoms with van der Waals surface area (Å²) in [5.41, 5.74) is 12.5. The Morgan fingerprint density at radius 2 is 1.86 bits per heavy atom. The molecule has 29 heavy (non-hydrogen) atoms. The third-order valence-electron chi connectivity index (χ3n) is 3.48. The minimum Gasteiger partial charge on any atom is -0.497 e. The molecule has 8 nitrogen and oxygen atoms in total. The number of benzene rings is 2. The number of hydrogen-bond donors (Lipinski definition) is 3. The molecule has 5 N–H and O–H groups in total. The number of carbonyl (C=O) groups excluding carboxylic acids is 1. The fourth-order valence-corrected chi connectivity index (χ4v) is 2.64. The summed E-state index contributed by atoms with van der Waals surface area (Å²) in [6.45, 7) is 0.490. The van der Waals surface area contributed by atoms with Gasteiger partial charge in [-0.2, -0.15) is 0 Å². The van der Waals surface area contributed by atoms with Crippen molar-refractivity contribution in [2.45, 2.75) is 11.4 Å². The largest absolute Gasteiger partial charge is 0.497 e. The zero-order chi connectivity index (χ0) is 21.6. The van der Waals surface area contributed by atoms with Crippen LogP contribution >= 0.6 is 11.8 Å². The number of rotatable bonds is 4. The maximum atomic E-state index is 10.4. The number of urea groups is 1. The highest BCUT2D eigenvalue weighted by molar-refractivity contribution is 7.98. The van der Waals surface area contributed by atoms with E-state index < -0.39 is 6.03 Å². The summed E-state index contributed by atoms with van der Waals surface area (Å²) >= 11 is 1.67. The van der Waals surface area contributed by atoms with Crippen LogP contribution in [-0.4, -0.2) is 43.6 Å². The Hall–Kier alpha value is -3.04. The van der Waals surface area contributed by atoms with Crippen LogP contribution in [0.4, 0.5) is 10.6 Å². The summed E-state index contributed by atoms with van der Waals surface area (Å²) in [5.74, 6) is 1.26. The first-order chi connectivity index (χ1) is 13.9. The number of nitrogens with one attached hydrogen (secondary N) is 1. The molecule has 9 heteroatoms. The Bertz CT molecular complexity index is 908. The maximum Gasteiger partial charge on any atom is 0.312 e. The van der Waals surface area contributed by atoms with Crippen LogP contribution in [0.15, 0.2) is 53.7 Å². The van der Waals surface area contributed by atoms with Crippen molar-refractivity contribution in [3.8, 4) is 5.75 Å². The molecule has 0 bridgehead atoms. The van der Waals surface area contributed by atoms with E-state index in [9.17, 15) is 4.79 Å². The van der Waals surface area contributed by atoms with Crippen LogP contribution in [0.5, 0.6) is 5.75 Å². The van der Waals surface area contributed by atoms with Crippen molar-refractivity contribution in [2.24, 2.45) is 5.73 Å². The molecule has 0 aliphatic heterocycles. The summed E-state index contributed by atoms with van der Waals surface area (Å²) in [4.78, 5) is 19.6. The number of nitrogens with zero attached hydrogens (tertiary/aromatic N) is 2. The summed E-state index contributed by atoms with van der Waals surface area (Å²) in [5, 5.41) is 3.39. The van der Waals surface area contributed by atoms with Crippen molar-refractivity contribution in [1.82, 2.24) is 15.3 Å². The van der Waals surface area contributed by atoms with Crippen LogP contribution in [0.25, 0.3) is 10.9 Å². The minimum atomic E-state index is -0.491. The Kier molecular flexibility index (Phi) is 10.9. The zero-order valence-corrected chi connectivity index (χ0v) is 17.8. The average molecular weight is 418 g/mol. The molecule has 2 aromatic carbocycles. The van der Waals surface area contributed by atoms with E-state index in [4.69, 9.17) is 16.2 Å². The summed E-state index contributed by atoms with van der Waals surface area (Å²) in [7, 11) is 4.87. The van der Waals surface area contributed by atoms with E-state index in [0.717, 1.165) is 22.2 Å². The van der Waals surface area contributed by atoms with Gasteiger partial charge < -0.3 is 26.3 Å². The lowest BCUT2D eigenvalue weighted by atomic mass is 10.2. The molecular weight excluding hydrogens is 390 g/mol. The van der Waals surface area contributed by atoms with Gasteiger partial charge >= 0.3 is 6.03 Å². The molecule has 0 aliphatic carbocycles. The Balaban J connectivity index is 0.000000256. The lowest BCUT2D eigenvalue weighted by Crippen LogP contribution is -2.28. The molecule has 0 spiro atoms. The predicted molar refractivity (Wildman–Crippen MR) is 118 cm³/mol. The second-order valence-electron chi connectivity index (χ2n) is 5.62. The molecular formula is C20H27N5O3S. The van der Waals surface area contributed by atoms with Crippen LogP contribution in [0.3, 0.4) is 0 Å². The Morgan fingerprint density at radius 3 is 2.48 bits per heavy atom. The van der Waals surface area contributed by atoms with Gasteiger partial charge in [0, 0.05) is 37.1 Å². The molecule has 0 fully saturated rings. The highest BCUT2D eigenvalue weighted by Crippen LogP contribution is 2.21. The number of ether oxygens (including phenoxy) is 2. The van der Waals surface area contributed by atoms with Crippen LogP contribution in [0, 0.1) is 0 Å². The Labute approximate surface area is 175 Å². The molecule has 0 saturated carbocycles. The summed E-state index contributed by atoms with van der Waals surface area (Å²) < 4.78 is 9.31. The number of primary amides is 1. The second-order valence-corrected chi connectivity index (χ2v) is 6.50. The molecule has 2 amide bonds. The van der Waals surface area contributed by atoms with Crippen LogP contribution in [-0.2, 0) is 11.3 Å². The topological polar surface area (TPSA) is 125 Å². The fraction of sp³-hybridized carbons (Fsp3) is 0.250. The van der Waals surface area contributed by atoms with Crippen LogP contribution < -0.4 is 21.5 Å². The highest BCUT2D eigenvalue weighted by atomic mass is 32.2. The van der Waals surface area contributed by atoms with E-state index >= 15 is 0 Å². The van der Waals surface area contributed by atoms with Crippen molar-refractivity contribution < 1.29 is 14.3 Å². The lowest BCUT2D eigenvalue weighted by Gasteiger charge is -2.03. The molecule has 156 valence electrons. The number of nitrogens with two attached hydrogens (primary N) is 2. The maximum absolute atomic E-state index is 10.4. The molecule has 3 aromatic rings. The van der Waals surface area contributed by atoms with Gasteiger partial charge in [0.25, 0.3) is 0 Å². The van der Waals surface area contributed by atoms with Crippen molar-refractivity contribution >= 4 is 34.5 Å². The van der Waals surface area contributed by atoms with Gasteiger partial charge in [0.05, 0.1) is 12.6 Å². The van der Waals surface area contributed by atoms with Crippen LogP contribution in [0.2, 0.25) is 0 Å². The smallest absolute Gasteiger partial charge is 0.312 e. The van der Waals surface area contributed by atoms with E-state index in [-0.39, 0.29) is 0 Å². The molecule has 0 aliphatic rings. The number of methoxy groups -OCH3 is 2. The van der Waals surface area contributed by atoms with Crippen LogP contribution in [0.1, 0.15) is 5.56 Å². The highest BCUT2D eigenvalue weighted by Gasteiger charge is 2.00. The van der Waals surface area contributed by atoms with Gasteiger partial charge in [-0.05, 0) is 36.1 Å². The third kappa shape index (κ3) is 8.67. The molecule has 0 saturated heterocycles. The molecule has 1 heterocycles. The second kappa shape index (κ2) is 13.2. The average Bonchev–Trinajstić information content (AvgIpc) is 2.73. The normalized spacial score (nSPS) is 9.52. The molecule has 0 radical (unpaired) electrons. The van der Waals surface area contributed by atoms with E-state index in [1.54, 1.807) is 33.1 Å². The molecule has 0 unspecified atom stereocenters. The number of fused-ring (bicyclic) bond motifs is 1. The first-order valence-corrected chi connectivity index (χ1v) is 9.78. The summed E-state index contributed by atoms with van der Waals surface area (Å²) in [6.07, 6.45) is 3.46. The molecule has 3 rings (SSSR count). The van der Waals surface area contributed by atoms with Gasteiger partial charge in [-0.3, -0.25) is 0 Å². The van der Waals surface area contributed by atoms with Gasteiger partial charge in [0.1, 0.15) is 17.9 Å². The lowest BCUT2D eigenvalue weighted by molar-refractivity contribution is 0.248. The van der Waals surface area contributed by atoms with Gasteiger partial charge in [-0.15, -0.1) is 11.8 Å². The van der Waals surface area contributed by atoms with E-state index in [1.807, 2.05) is 48.7 Å². The van der Waals surface area contributed by atoms with E-state index in [1.165, 1.54) is 11.2 Å². The van der Waals surface area contributed by atoms with Gasteiger partial charge in [0.15, 0.2) is 0 Å². The van der Waals surface area contributed by atoms with Gasteiger partial charge in [-0.25, -0.2) is 14.8 Å². The first kappa shape index (κ1) is 24.0. The number of hydrogen-bond acceptors (Lipinski definition) is 7. The van der Waals surface area contributed by atoms with E-state index in [0.29, 0.717) is 12.4 Å². The fourth-order valence-electron chi connectivity index (χ4n) is 2.16. The number of carbonyl (C=O) groups is 1. The number of amides is 2. The van der Waals surface area contributed by atoms with Gasteiger partial charge in [0.2, 0.25) is 0 Å². The van der Waals surface area contributed by atoms with Crippen molar-refractivity contribution in [2.75, 3.05) is 33.3 Å². The van der Waals surface area contributed by atoms with Crippen molar-refractivity contribution in [3.63, 3.8) is 0 Å². The summed E-state index contributed by atoms with van der Waals surface area (Å²) in [6, 6.07) is 13.0. The minimum absolute atomic E-state index is 0.490. The predicted octanol–water partition coefficient (Wildman–Crippen LogP) is 3.06. The van der Waals surface area contributed by atoms with Crippen molar-refractivity contribution in [3.05, 3.63) is 54.4 Å². The number of nitrogen functional groups attached to an aromatic ring is 1. The SMILES string of the molecule is COC.COc1ccc2c(N)ncnc2c1.CSc1cccc(CNC(N)=O)c1. The Morgan fingerprint density at radius 1 is 1.14 bits per heavy atom.